The van der Waals surface area contributed by atoms with E-state index in [1.165, 1.54) is 17.6 Å². The van der Waals surface area contributed by atoms with Crippen molar-refractivity contribution in [3.8, 4) is 0 Å². The highest BCUT2D eigenvalue weighted by molar-refractivity contribution is 9.10. The molecular weight excluding hydrogens is 336 g/mol. The first-order valence-corrected chi connectivity index (χ1v) is 7.77. The minimum Gasteiger partial charge on any atom is -0.392 e. The van der Waals surface area contributed by atoms with E-state index in [1.54, 1.807) is 13.1 Å². The van der Waals surface area contributed by atoms with Gasteiger partial charge in [0.1, 0.15) is 4.90 Å². The zero-order chi connectivity index (χ0) is 14.2. The van der Waals surface area contributed by atoms with Crippen LogP contribution in [-0.4, -0.2) is 40.8 Å². The molecule has 0 bridgehead atoms. The average molecular weight is 349 g/mol. The Morgan fingerprint density at radius 2 is 2.26 bits per heavy atom. The zero-order valence-corrected chi connectivity index (χ0v) is 12.7. The summed E-state index contributed by atoms with van der Waals surface area (Å²) in [7, 11) is -3.75. The van der Waals surface area contributed by atoms with Gasteiger partial charge in [0.05, 0.1) is 16.3 Å². The van der Waals surface area contributed by atoms with Gasteiger partial charge in [-0.25, -0.2) is 22.6 Å². The second-order valence-corrected chi connectivity index (χ2v) is 6.78. The lowest BCUT2D eigenvalue weighted by Gasteiger charge is -2.07. The second kappa shape index (κ2) is 5.16. The number of rotatable bonds is 4. The van der Waals surface area contributed by atoms with Gasteiger partial charge >= 0.3 is 0 Å². The molecule has 2 aromatic rings. The molecule has 19 heavy (non-hydrogen) atoms. The molecule has 0 saturated heterocycles. The Morgan fingerprint density at radius 1 is 1.58 bits per heavy atom. The predicted molar refractivity (Wildman–Crippen MR) is 72.3 cm³/mol. The standard InChI is InChI=1S/C10H13BrN4O3S/c1-6(16)3-13-19(17,18)9-7(2)14-15-5-8(11)4-12-10(9)15/h4-6,13,16H,3H2,1-2H3/t6-/m1/s1. The maximum absolute atomic E-state index is 12.2. The number of hydrogen-bond donors (Lipinski definition) is 2. The van der Waals surface area contributed by atoms with Crippen LogP contribution >= 0.6 is 15.9 Å². The first-order chi connectivity index (χ1) is 8.81. The number of nitrogens with one attached hydrogen (secondary N) is 1. The second-order valence-electron chi connectivity index (χ2n) is 4.16. The molecule has 0 unspecified atom stereocenters. The topological polar surface area (TPSA) is 96.6 Å². The van der Waals surface area contributed by atoms with Crippen LogP contribution in [0.25, 0.3) is 5.65 Å². The molecule has 2 rings (SSSR count). The molecule has 0 aliphatic heterocycles. The molecule has 0 saturated carbocycles. The Balaban J connectivity index is 2.53. The third-order valence-corrected chi connectivity index (χ3v) is 4.37. The van der Waals surface area contributed by atoms with Crippen molar-refractivity contribution in [1.82, 2.24) is 19.3 Å². The van der Waals surface area contributed by atoms with Crippen LogP contribution < -0.4 is 4.72 Å². The maximum atomic E-state index is 12.2. The highest BCUT2D eigenvalue weighted by Gasteiger charge is 2.24. The van der Waals surface area contributed by atoms with Crippen molar-refractivity contribution in [2.24, 2.45) is 0 Å². The fourth-order valence-electron chi connectivity index (χ4n) is 1.62. The molecule has 2 heterocycles. The van der Waals surface area contributed by atoms with Gasteiger partial charge < -0.3 is 5.11 Å². The summed E-state index contributed by atoms with van der Waals surface area (Å²) in [6.45, 7) is 3.04. The van der Waals surface area contributed by atoms with Crippen LogP contribution in [0.4, 0.5) is 0 Å². The number of aliphatic hydroxyl groups is 1. The molecule has 2 aromatic heterocycles. The van der Waals surface area contributed by atoms with Gasteiger partial charge in [0.15, 0.2) is 5.65 Å². The zero-order valence-electron chi connectivity index (χ0n) is 10.3. The van der Waals surface area contributed by atoms with Crippen LogP contribution in [0.3, 0.4) is 0 Å². The van der Waals surface area contributed by atoms with E-state index in [0.29, 0.717) is 10.2 Å². The first kappa shape index (κ1) is 14.4. The highest BCUT2D eigenvalue weighted by atomic mass is 79.9. The molecule has 0 aliphatic carbocycles. The van der Waals surface area contributed by atoms with Crippen molar-refractivity contribution in [2.45, 2.75) is 24.8 Å². The normalized spacial score (nSPS) is 13.9. The molecule has 7 nitrogen and oxygen atoms in total. The van der Waals surface area contributed by atoms with Gasteiger partial charge in [0.2, 0.25) is 10.0 Å². The average Bonchev–Trinajstić information content (AvgIpc) is 2.62. The summed E-state index contributed by atoms with van der Waals surface area (Å²) in [5.74, 6) is 0. The van der Waals surface area contributed by atoms with Crippen molar-refractivity contribution < 1.29 is 13.5 Å². The third kappa shape index (κ3) is 2.94. The largest absolute Gasteiger partial charge is 0.392 e. The van der Waals surface area contributed by atoms with E-state index in [1.807, 2.05) is 0 Å². The van der Waals surface area contributed by atoms with Gasteiger partial charge in [-0.3, -0.25) is 0 Å². The molecule has 2 N–H and O–H groups in total. The Bertz CT molecular complexity index is 711. The van der Waals surface area contributed by atoms with Gasteiger partial charge in [0, 0.05) is 18.9 Å². The van der Waals surface area contributed by atoms with Crippen LogP contribution in [-0.2, 0) is 10.0 Å². The molecule has 0 radical (unpaired) electrons. The fourth-order valence-corrected chi connectivity index (χ4v) is 3.34. The molecule has 1 atom stereocenters. The lowest BCUT2D eigenvalue weighted by atomic mass is 10.4. The van der Waals surface area contributed by atoms with Crippen LogP contribution in [0, 0.1) is 6.92 Å². The number of aromatic nitrogens is 3. The van der Waals surface area contributed by atoms with E-state index in [9.17, 15) is 8.42 Å². The quantitative estimate of drug-likeness (QED) is 0.836. The molecule has 0 aliphatic rings. The Morgan fingerprint density at radius 3 is 2.89 bits per heavy atom. The van der Waals surface area contributed by atoms with E-state index in [0.717, 1.165) is 0 Å². The van der Waals surface area contributed by atoms with E-state index < -0.39 is 16.1 Å². The maximum Gasteiger partial charge on any atom is 0.246 e. The summed E-state index contributed by atoms with van der Waals surface area (Å²) in [4.78, 5) is 4.10. The predicted octanol–water partition coefficient (Wildman–Crippen LogP) is 0.459. The molecule has 0 fully saturated rings. The molecule has 0 amide bonds. The summed E-state index contributed by atoms with van der Waals surface area (Å²) in [6, 6.07) is 0. The van der Waals surface area contributed by atoms with Crippen LogP contribution in [0.15, 0.2) is 21.8 Å². The van der Waals surface area contributed by atoms with Gasteiger partial charge in [-0.1, -0.05) is 0 Å². The van der Waals surface area contributed by atoms with Crippen LogP contribution in [0.1, 0.15) is 12.6 Å². The number of aliphatic hydroxyl groups excluding tert-OH is 1. The summed E-state index contributed by atoms with van der Waals surface area (Å²) >= 11 is 3.25. The van der Waals surface area contributed by atoms with Crippen molar-refractivity contribution in [2.75, 3.05) is 6.54 Å². The molecule has 0 aromatic carbocycles. The van der Waals surface area contributed by atoms with Crippen molar-refractivity contribution in [3.05, 3.63) is 22.6 Å². The molecular formula is C10H13BrN4O3S. The monoisotopic (exact) mass is 348 g/mol. The molecule has 0 spiro atoms. The Kier molecular flexibility index (Phi) is 3.90. The van der Waals surface area contributed by atoms with Gasteiger partial charge in [-0.05, 0) is 29.8 Å². The lowest BCUT2D eigenvalue weighted by Crippen LogP contribution is -2.31. The lowest BCUT2D eigenvalue weighted by molar-refractivity contribution is 0.198. The minimum atomic E-state index is -3.75. The first-order valence-electron chi connectivity index (χ1n) is 5.49. The summed E-state index contributed by atoms with van der Waals surface area (Å²) in [5.41, 5.74) is 0.600. The highest BCUT2D eigenvalue weighted by Crippen LogP contribution is 2.20. The SMILES string of the molecule is Cc1nn2cc(Br)cnc2c1S(=O)(=O)NC[C@@H](C)O. The Labute approximate surface area is 118 Å². The van der Waals surface area contributed by atoms with Crippen LogP contribution in [0.2, 0.25) is 0 Å². The number of fused-ring (bicyclic) bond motifs is 1. The van der Waals surface area contributed by atoms with Crippen molar-refractivity contribution >= 4 is 31.6 Å². The number of aryl methyl sites for hydroxylation is 1. The number of nitrogens with zero attached hydrogens (tertiary/aromatic N) is 3. The van der Waals surface area contributed by atoms with Gasteiger partial charge in [-0.2, -0.15) is 5.10 Å². The number of sulfonamides is 1. The summed E-state index contributed by atoms with van der Waals surface area (Å²) in [5, 5.41) is 13.3. The van der Waals surface area contributed by atoms with Crippen molar-refractivity contribution in [1.29, 1.82) is 0 Å². The van der Waals surface area contributed by atoms with E-state index in [2.05, 4.69) is 30.7 Å². The number of halogens is 1. The minimum absolute atomic E-state index is 0.0284. The number of hydrogen-bond acceptors (Lipinski definition) is 5. The van der Waals surface area contributed by atoms with Gasteiger partial charge in [-0.15, -0.1) is 0 Å². The third-order valence-electron chi connectivity index (χ3n) is 2.40. The fraction of sp³-hybridized carbons (Fsp3) is 0.400. The van der Waals surface area contributed by atoms with Crippen LogP contribution in [0.5, 0.6) is 0 Å². The molecule has 9 heteroatoms. The molecule has 104 valence electrons. The van der Waals surface area contributed by atoms with Crippen molar-refractivity contribution in [3.63, 3.8) is 0 Å². The van der Waals surface area contributed by atoms with Gasteiger partial charge in [0.25, 0.3) is 0 Å². The van der Waals surface area contributed by atoms with E-state index in [-0.39, 0.29) is 17.1 Å². The summed E-state index contributed by atoms with van der Waals surface area (Å²) in [6.07, 6.45) is 2.37. The summed E-state index contributed by atoms with van der Waals surface area (Å²) < 4.78 is 28.8. The van der Waals surface area contributed by atoms with E-state index >= 15 is 0 Å². The smallest absolute Gasteiger partial charge is 0.246 e. The Hall–Kier alpha value is -1.03. The van der Waals surface area contributed by atoms with E-state index in [4.69, 9.17) is 5.11 Å².